The molecule has 0 radical (unpaired) electrons. The van der Waals surface area contributed by atoms with Crippen molar-refractivity contribution in [3.63, 3.8) is 0 Å². The van der Waals surface area contributed by atoms with Crippen LogP contribution in [-0.4, -0.2) is 60.5 Å². The molecule has 1 aromatic carbocycles. The molecule has 8 nitrogen and oxygen atoms in total. The number of anilines is 1. The number of alkyl carbamates (subject to hydrolysis) is 1. The summed E-state index contributed by atoms with van der Waals surface area (Å²) in [4.78, 5) is 29.3. The molecule has 0 bridgehead atoms. The monoisotopic (exact) mass is 507 g/mol. The van der Waals surface area contributed by atoms with E-state index in [9.17, 15) is 31.2 Å². The number of rotatable bonds is 4. The number of alkyl halides is 3. The number of amides is 2. The van der Waals surface area contributed by atoms with Crippen LogP contribution in [0.4, 0.5) is 23.7 Å². The quantitative estimate of drug-likeness (QED) is 0.667. The summed E-state index contributed by atoms with van der Waals surface area (Å²) in [5.41, 5.74) is -1.90. The molecule has 0 saturated carbocycles. The van der Waals surface area contributed by atoms with Crippen LogP contribution in [0.2, 0.25) is 0 Å². The van der Waals surface area contributed by atoms with E-state index in [1.54, 1.807) is 20.8 Å². The van der Waals surface area contributed by atoms with Crippen molar-refractivity contribution in [2.45, 2.75) is 50.3 Å². The number of hydrogen-bond donors (Lipinski definition) is 1. The number of carbonyl (C=O) groups is 2. The Bertz CT molecular complexity index is 1070. The highest BCUT2D eigenvalue weighted by molar-refractivity contribution is 8.16. The standard InChI is InChI=1S/C20H24F3N3O5S2/c1-19(2,3)31-18(28)24-9-8-16(27)25-17-26(14-10-33(29,30)11-15(14)32-17)13-7-5-4-6-12(13)20(21,22)23/h4-7,14-15H,8-11H2,1-3H3,(H,24,28)/t14-,15+/m1/s1. The molecule has 2 aliphatic rings. The lowest BCUT2D eigenvalue weighted by atomic mass is 10.1. The zero-order chi connectivity index (χ0) is 24.6. The molecule has 13 heteroatoms. The molecule has 2 fully saturated rings. The lowest BCUT2D eigenvalue weighted by molar-refractivity contribution is -0.137. The summed E-state index contributed by atoms with van der Waals surface area (Å²) in [6.45, 7) is 4.98. The van der Waals surface area contributed by atoms with Crippen LogP contribution < -0.4 is 10.2 Å². The van der Waals surface area contributed by atoms with Gasteiger partial charge in [-0.3, -0.25) is 4.79 Å². The van der Waals surface area contributed by atoms with Crippen LogP contribution in [0.5, 0.6) is 0 Å². The summed E-state index contributed by atoms with van der Waals surface area (Å²) >= 11 is 0.978. The minimum absolute atomic E-state index is 0.0128. The fourth-order valence-electron chi connectivity index (χ4n) is 3.52. The van der Waals surface area contributed by atoms with Crippen molar-refractivity contribution in [2.75, 3.05) is 23.0 Å². The third-order valence-electron chi connectivity index (χ3n) is 4.76. The van der Waals surface area contributed by atoms with Crippen molar-refractivity contribution in [3.8, 4) is 0 Å². The van der Waals surface area contributed by atoms with Crippen molar-refractivity contribution in [2.24, 2.45) is 4.99 Å². The molecule has 0 aliphatic carbocycles. The first-order valence-electron chi connectivity index (χ1n) is 10.1. The number of para-hydroxylation sites is 1. The molecule has 2 amide bonds. The van der Waals surface area contributed by atoms with E-state index in [0.29, 0.717) is 0 Å². The third-order valence-corrected chi connectivity index (χ3v) is 7.97. The van der Waals surface area contributed by atoms with Crippen LogP contribution in [-0.2, 0) is 25.5 Å². The predicted octanol–water partition coefficient (Wildman–Crippen LogP) is 3.22. The number of benzene rings is 1. The van der Waals surface area contributed by atoms with Gasteiger partial charge in [-0.25, -0.2) is 13.2 Å². The van der Waals surface area contributed by atoms with E-state index in [1.807, 2.05) is 0 Å². The smallest absolute Gasteiger partial charge is 0.418 e. The van der Waals surface area contributed by atoms with Crippen LogP contribution in [0.3, 0.4) is 0 Å². The number of thioether (sulfide) groups is 1. The Morgan fingerprint density at radius 1 is 1.21 bits per heavy atom. The number of hydrogen-bond acceptors (Lipinski definition) is 6. The van der Waals surface area contributed by atoms with Gasteiger partial charge in [0.25, 0.3) is 0 Å². The fraction of sp³-hybridized carbons (Fsp3) is 0.550. The molecule has 33 heavy (non-hydrogen) atoms. The second kappa shape index (κ2) is 9.16. The van der Waals surface area contributed by atoms with Crippen LogP contribution in [0.1, 0.15) is 32.8 Å². The minimum atomic E-state index is -4.68. The minimum Gasteiger partial charge on any atom is -0.444 e. The Hall–Kier alpha value is -2.28. The van der Waals surface area contributed by atoms with Gasteiger partial charge in [-0.2, -0.15) is 18.2 Å². The lowest BCUT2D eigenvalue weighted by Gasteiger charge is -2.27. The molecule has 0 spiro atoms. The number of fused-ring (bicyclic) bond motifs is 1. The van der Waals surface area contributed by atoms with Gasteiger partial charge in [-0.05, 0) is 32.9 Å². The maximum atomic E-state index is 13.6. The molecule has 1 N–H and O–H groups in total. The van der Waals surface area contributed by atoms with Gasteiger partial charge in [-0.15, -0.1) is 0 Å². The summed E-state index contributed by atoms with van der Waals surface area (Å²) in [5, 5.41) is 1.89. The Morgan fingerprint density at radius 3 is 2.52 bits per heavy atom. The summed E-state index contributed by atoms with van der Waals surface area (Å²) in [6, 6.07) is 4.02. The van der Waals surface area contributed by atoms with E-state index in [-0.39, 0.29) is 35.3 Å². The van der Waals surface area contributed by atoms with Crippen LogP contribution in [0, 0.1) is 0 Å². The summed E-state index contributed by atoms with van der Waals surface area (Å²) in [6.07, 6.45) is -5.59. The number of sulfone groups is 1. The summed E-state index contributed by atoms with van der Waals surface area (Å²) in [7, 11) is -3.43. The molecule has 2 atom stereocenters. The first kappa shape index (κ1) is 25.3. The summed E-state index contributed by atoms with van der Waals surface area (Å²) in [5.74, 6) is -1.20. The third kappa shape index (κ3) is 6.40. The van der Waals surface area contributed by atoms with Gasteiger partial charge in [-0.1, -0.05) is 23.9 Å². The lowest BCUT2D eigenvalue weighted by Crippen LogP contribution is -2.39. The molecular formula is C20H24F3N3O5S2. The highest BCUT2D eigenvalue weighted by Gasteiger charge is 2.51. The van der Waals surface area contributed by atoms with Gasteiger partial charge in [0.2, 0.25) is 5.91 Å². The van der Waals surface area contributed by atoms with E-state index >= 15 is 0 Å². The molecule has 2 aliphatic heterocycles. The maximum absolute atomic E-state index is 13.6. The number of aliphatic imine (C=N–C) groups is 1. The fourth-order valence-corrected chi connectivity index (χ4v) is 7.44. The Kier molecular flexibility index (Phi) is 7.04. The number of halogens is 3. The van der Waals surface area contributed by atoms with Gasteiger partial charge in [0.15, 0.2) is 15.0 Å². The molecular weight excluding hydrogens is 483 g/mol. The van der Waals surface area contributed by atoms with E-state index in [0.717, 1.165) is 17.8 Å². The van der Waals surface area contributed by atoms with E-state index in [1.165, 1.54) is 23.1 Å². The van der Waals surface area contributed by atoms with Crippen LogP contribution in [0.25, 0.3) is 0 Å². The van der Waals surface area contributed by atoms with Gasteiger partial charge in [0, 0.05) is 18.2 Å². The number of carbonyl (C=O) groups excluding carboxylic acids is 2. The number of nitrogens with one attached hydrogen (secondary N) is 1. The maximum Gasteiger partial charge on any atom is 0.418 e. The number of nitrogens with zero attached hydrogens (tertiary/aromatic N) is 2. The molecule has 0 unspecified atom stereocenters. The van der Waals surface area contributed by atoms with Gasteiger partial charge >= 0.3 is 12.3 Å². The molecule has 2 saturated heterocycles. The van der Waals surface area contributed by atoms with Crippen molar-refractivity contribution < 1.29 is 35.9 Å². The highest BCUT2D eigenvalue weighted by atomic mass is 32.2. The van der Waals surface area contributed by atoms with E-state index in [4.69, 9.17) is 4.74 Å². The van der Waals surface area contributed by atoms with Gasteiger partial charge in [0.1, 0.15) is 5.60 Å². The number of ether oxygens (including phenoxy) is 1. The molecule has 0 aromatic heterocycles. The largest absolute Gasteiger partial charge is 0.444 e. The number of amidine groups is 1. The van der Waals surface area contributed by atoms with Crippen LogP contribution >= 0.6 is 11.8 Å². The molecule has 1 aromatic rings. The molecule has 3 rings (SSSR count). The van der Waals surface area contributed by atoms with Crippen molar-refractivity contribution in [1.29, 1.82) is 0 Å². The van der Waals surface area contributed by atoms with E-state index < -0.39 is 50.5 Å². The van der Waals surface area contributed by atoms with Gasteiger partial charge < -0.3 is 15.0 Å². The Labute approximate surface area is 193 Å². The zero-order valence-electron chi connectivity index (χ0n) is 18.2. The summed E-state index contributed by atoms with van der Waals surface area (Å²) < 4.78 is 70.2. The van der Waals surface area contributed by atoms with Gasteiger partial charge in [0.05, 0.1) is 28.8 Å². The second-order valence-corrected chi connectivity index (χ2v) is 12.0. The second-order valence-electron chi connectivity index (χ2n) is 8.65. The van der Waals surface area contributed by atoms with Crippen molar-refractivity contribution >= 4 is 44.5 Å². The molecule has 2 heterocycles. The first-order valence-corrected chi connectivity index (χ1v) is 12.8. The highest BCUT2D eigenvalue weighted by Crippen LogP contribution is 2.45. The average Bonchev–Trinajstić information content (AvgIpc) is 3.10. The van der Waals surface area contributed by atoms with Crippen molar-refractivity contribution in [3.05, 3.63) is 29.8 Å². The SMILES string of the molecule is CC(C)(C)OC(=O)NCCC(=O)N=C1S[C@H]2CS(=O)(=O)C[C@H]2N1c1ccccc1C(F)(F)F. The Balaban J connectivity index is 1.82. The Morgan fingerprint density at radius 2 is 1.88 bits per heavy atom. The molecule has 182 valence electrons. The van der Waals surface area contributed by atoms with Crippen molar-refractivity contribution in [1.82, 2.24) is 5.32 Å². The average molecular weight is 508 g/mol. The van der Waals surface area contributed by atoms with E-state index in [2.05, 4.69) is 10.3 Å². The topological polar surface area (TPSA) is 105 Å². The first-order chi connectivity index (χ1) is 15.2. The van der Waals surface area contributed by atoms with Crippen LogP contribution in [0.15, 0.2) is 29.3 Å². The predicted molar refractivity (Wildman–Crippen MR) is 119 cm³/mol. The normalized spacial score (nSPS) is 23.5. The zero-order valence-corrected chi connectivity index (χ0v) is 19.8.